The molecule has 124 valence electrons. The van der Waals surface area contributed by atoms with Crippen molar-refractivity contribution in [2.45, 2.75) is 34.6 Å². The molecule has 24 heavy (non-hydrogen) atoms. The van der Waals surface area contributed by atoms with Crippen molar-refractivity contribution in [3.8, 4) is 11.5 Å². The molecule has 0 unspecified atom stereocenters. The molecule has 1 heterocycles. The summed E-state index contributed by atoms with van der Waals surface area (Å²) >= 11 is 0. The summed E-state index contributed by atoms with van der Waals surface area (Å²) in [4.78, 5) is 16.6. The highest BCUT2D eigenvalue weighted by Gasteiger charge is 2.14. The summed E-state index contributed by atoms with van der Waals surface area (Å²) < 4.78 is 5.96. The molecular formula is C20H22N2O2. The van der Waals surface area contributed by atoms with E-state index in [1.54, 1.807) is 0 Å². The molecule has 0 aliphatic carbocycles. The Hall–Kier alpha value is -2.62. The average Bonchev–Trinajstić information content (AvgIpc) is 2.93. The molecule has 4 heteroatoms. The van der Waals surface area contributed by atoms with Crippen LogP contribution in [0.25, 0.3) is 22.6 Å². The number of amides is 1. The summed E-state index contributed by atoms with van der Waals surface area (Å²) in [6.07, 6.45) is 0. The van der Waals surface area contributed by atoms with Crippen molar-refractivity contribution in [2.75, 3.05) is 5.32 Å². The van der Waals surface area contributed by atoms with Gasteiger partial charge in [-0.3, -0.25) is 4.79 Å². The van der Waals surface area contributed by atoms with Gasteiger partial charge in [-0.05, 0) is 55.7 Å². The zero-order chi connectivity index (χ0) is 17.4. The molecule has 0 atom stereocenters. The lowest BCUT2D eigenvalue weighted by Gasteiger charge is -2.11. The second-order valence-corrected chi connectivity index (χ2v) is 6.62. The Morgan fingerprint density at radius 2 is 1.83 bits per heavy atom. The molecule has 0 radical (unpaired) electrons. The minimum absolute atomic E-state index is 0.000663. The fourth-order valence-electron chi connectivity index (χ4n) is 2.67. The van der Waals surface area contributed by atoms with Gasteiger partial charge in [0.1, 0.15) is 5.52 Å². The minimum atomic E-state index is -0.0667. The van der Waals surface area contributed by atoms with Crippen molar-refractivity contribution in [1.29, 1.82) is 0 Å². The van der Waals surface area contributed by atoms with Crippen LogP contribution in [0.1, 0.15) is 30.5 Å². The van der Waals surface area contributed by atoms with Crippen LogP contribution in [0.4, 0.5) is 5.69 Å². The summed E-state index contributed by atoms with van der Waals surface area (Å²) in [7, 11) is 0. The van der Waals surface area contributed by atoms with Gasteiger partial charge in [-0.25, -0.2) is 4.98 Å². The van der Waals surface area contributed by atoms with Crippen molar-refractivity contribution in [3.63, 3.8) is 0 Å². The van der Waals surface area contributed by atoms with E-state index in [0.29, 0.717) is 5.89 Å². The van der Waals surface area contributed by atoms with E-state index < -0.39 is 0 Å². The van der Waals surface area contributed by atoms with Crippen LogP contribution in [-0.4, -0.2) is 10.9 Å². The van der Waals surface area contributed by atoms with Gasteiger partial charge in [0, 0.05) is 17.2 Å². The van der Waals surface area contributed by atoms with Crippen molar-refractivity contribution < 1.29 is 9.21 Å². The smallest absolute Gasteiger partial charge is 0.227 e. The third-order valence-corrected chi connectivity index (χ3v) is 4.09. The van der Waals surface area contributed by atoms with Crippen LogP contribution in [0, 0.1) is 26.7 Å². The first-order valence-corrected chi connectivity index (χ1v) is 8.15. The lowest BCUT2D eigenvalue weighted by atomic mass is 10.1. The highest BCUT2D eigenvalue weighted by Crippen LogP contribution is 2.30. The summed E-state index contributed by atoms with van der Waals surface area (Å²) in [6.45, 7) is 9.79. The Labute approximate surface area is 141 Å². The molecule has 0 bridgehead atoms. The van der Waals surface area contributed by atoms with Gasteiger partial charge < -0.3 is 9.73 Å². The molecule has 3 aromatic rings. The monoisotopic (exact) mass is 322 g/mol. The quantitative estimate of drug-likeness (QED) is 0.737. The van der Waals surface area contributed by atoms with E-state index >= 15 is 0 Å². The Morgan fingerprint density at radius 3 is 2.54 bits per heavy atom. The van der Waals surface area contributed by atoms with Gasteiger partial charge in [-0.1, -0.05) is 26.0 Å². The first-order valence-electron chi connectivity index (χ1n) is 8.15. The van der Waals surface area contributed by atoms with Crippen molar-refractivity contribution in [2.24, 2.45) is 5.92 Å². The van der Waals surface area contributed by atoms with Gasteiger partial charge in [-0.2, -0.15) is 0 Å². The lowest BCUT2D eigenvalue weighted by molar-refractivity contribution is -0.118. The van der Waals surface area contributed by atoms with E-state index in [1.807, 2.05) is 58.9 Å². The summed E-state index contributed by atoms with van der Waals surface area (Å²) in [5.74, 6) is 0.501. The van der Waals surface area contributed by atoms with Gasteiger partial charge in [0.05, 0.1) is 0 Å². The largest absolute Gasteiger partial charge is 0.436 e. The van der Waals surface area contributed by atoms with E-state index in [-0.39, 0.29) is 11.8 Å². The second kappa shape index (κ2) is 6.11. The van der Waals surface area contributed by atoms with Gasteiger partial charge in [-0.15, -0.1) is 0 Å². The molecule has 0 aliphatic rings. The van der Waals surface area contributed by atoms with E-state index in [9.17, 15) is 4.79 Å². The Morgan fingerprint density at radius 1 is 1.08 bits per heavy atom. The fraction of sp³-hybridized carbons (Fsp3) is 0.300. The van der Waals surface area contributed by atoms with E-state index in [4.69, 9.17) is 4.42 Å². The summed E-state index contributed by atoms with van der Waals surface area (Å²) in [6, 6.07) is 9.96. The highest BCUT2D eigenvalue weighted by atomic mass is 16.3. The Balaban J connectivity index is 2.03. The standard InChI is InChI=1S/C20H22N2O2/c1-11(2)19(23)21-16-10-15(7-6-13(16)4)20-22-17-9-12(3)8-14(5)18(17)24-20/h6-11H,1-5H3,(H,21,23). The number of carbonyl (C=O) groups is 1. The number of benzene rings is 2. The predicted molar refractivity (Wildman–Crippen MR) is 97.1 cm³/mol. The first-order chi connectivity index (χ1) is 11.3. The number of hydrogen-bond acceptors (Lipinski definition) is 3. The predicted octanol–water partition coefficient (Wildman–Crippen LogP) is 5.01. The Bertz CT molecular complexity index is 923. The number of oxazole rings is 1. The second-order valence-electron chi connectivity index (χ2n) is 6.62. The number of nitrogens with one attached hydrogen (secondary N) is 1. The Kier molecular flexibility index (Phi) is 4.14. The molecule has 0 saturated carbocycles. The number of aryl methyl sites for hydroxylation is 3. The number of anilines is 1. The highest BCUT2D eigenvalue weighted by molar-refractivity contribution is 5.93. The zero-order valence-electron chi connectivity index (χ0n) is 14.7. The van der Waals surface area contributed by atoms with Crippen molar-refractivity contribution in [3.05, 3.63) is 47.0 Å². The van der Waals surface area contributed by atoms with Crippen LogP contribution in [0.15, 0.2) is 34.7 Å². The number of nitrogens with zero attached hydrogens (tertiary/aromatic N) is 1. The topological polar surface area (TPSA) is 55.1 Å². The number of rotatable bonds is 3. The van der Waals surface area contributed by atoms with Gasteiger partial charge in [0.25, 0.3) is 0 Å². The molecular weight excluding hydrogens is 300 g/mol. The van der Waals surface area contributed by atoms with Crippen LogP contribution < -0.4 is 5.32 Å². The summed E-state index contributed by atoms with van der Waals surface area (Å²) in [5.41, 5.74) is 6.56. The van der Waals surface area contributed by atoms with Gasteiger partial charge >= 0.3 is 0 Å². The van der Waals surface area contributed by atoms with Crippen molar-refractivity contribution in [1.82, 2.24) is 4.98 Å². The average molecular weight is 322 g/mol. The SMILES string of the molecule is Cc1cc(C)c2oc(-c3ccc(C)c(NC(=O)C(C)C)c3)nc2c1. The number of fused-ring (bicyclic) bond motifs is 1. The normalized spacial score (nSPS) is 11.2. The van der Waals surface area contributed by atoms with Crippen LogP contribution in [0.3, 0.4) is 0 Å². The van der Waals surface area contributed by atoms with Crippen LogP contribution >= 0.6 is 0 Å². The molecule has 1 amide bonds. The summed E-state index contributed by atoms with van der Waals surface area (Å²) in [5, 5.41) is 2.97. The number of aromatic nitrogens is 1. The third kappa shape index (κ3) is 3.04. The zero-order valence-corrected chi connectivity index (χ0v) is 14.7. The molecule has 0 saturated heterocycles. The molecule has 1 N–H and O–H groups in total. The fourth-order valence-corrected chi connectivity index (χ4v) is 2.67. The third-order valence-electron chi connectivity index (χ3n) is 4.09. The molecule has 4 nitrogen and oxygen atoms in total. The molecule has 3 rings (SSSR count). The molecule has 1 aromatic heterocycles. The van der Waals surface area contributed by atoms with Crippen LogP contribution in [0.2, 0.25) is 0 Å². The van der Waals surface area contributed by atoms with Gasteiger partial charge in [0.2, 0.25) is 11.8 Å². The maximum Gasteiger partial charge on any atom is 0.227 e. The van der Waals surface area contributed by atoms with E-state index in [1.165, 1.54) is 0 Å². The first kappa shape index (κ1) is 16.2. The molecule has 2 aromatic carbocycles. The minimum Gasteiger partial charge on any atom is -0.436 e. The number of hydrogen-bond donors (Lipinski definition) is 1. The maximum atomic E-state index is 12.0. The van der Waals surface area contributed by atoms with E-state index in [0.717, 1.165) is 39.0 Å². The van der Waals surface area contributed by atoms with Crippen molar-refractivity contribution >= 4 is 22.7 Å². The molecule has 0 spiro atoms. The van der Waals surface area contributed by atoms with E-state index in [2.05, 4.69) is 16.4 Å². The maximum absolute atomic E-state index is 12.0. The number of carbonyl (C=O) groups excluding carboxylic acids is 1. The molecule has 0 fully saturated rings. The van der Waals surface area contributed by atoms with Crippen LogP contribution in [-0.2, 0) is 4.79 Å². The lowest BCUT2D eigenvalue weighted by Crippen LogP contribution is -2.18. The molecule has 0 aliphatic heterocycles. The van der Waals surface area contributed by atoms with Crippen LogP contribution in [0.5, 0.6) is 0 Å². The van der Waals surface area contributed by atoms with Gasteiger partial charge in [0.15, 0.2) is 5.58 Å².